The van der Waals surface area contributed by atoms with Crippen LogP contribution in [-0.4, -0.2) is 63.9 Å². The zero-order valence-electron chi connectivity index (χ0n) is 23.6. The number of aromatic amines is 1. The number of carboxylic acids is 1. The maximum atomic E-state index is 13.6. The number of aliphatic carboxylic acids is 1. The molecule has 1 heterocycles. The van der Waals surface area contributed by atoms with Crippen molar-refractivity contribution in [1.82, 2.24) is 20.9 Å². The highest BCUT2D eigenvalue weighted by molar-refractivity contribution is 5.95. The molecule has 0 radical (unpaired) electrons. The highest BCUT2D eigenvalue weighted by Gasteiger charge is 2.32. The normalized spacial score (nSPS) is 14.0. The van der Waals surface area contributed by atoms with Crippen LogP contribution in [0.5, 0.6) is 0 Å². The van der Waals surface area contributed by atoms with Crippen LogP contribution in [0.2, 0.25) is 0 Å². The van der Waals surface area contributed by atoms with Crippen LogP contribution in [0.1, 0.15) is 37.8 Å². The van der Waals surface area contributed by atoms with Gasteiger partial charge >= 0.3 is 5.97 Å². The molecule has 12 heteroatoms. The summed E-state index contributed by atoms with van der Waals surface area (Å²) in [5.74, 6) is -4.45. The van der Waals surface area contributed by atoms with Crippen LogP contribution in [-0.2, 0) is 36.8 Å². The van der Waals surface area contributed by atoms with E-state index >= 15 is 0 Å². The minimum Gasteiger partial charge on any atom is -0.480 e. The van der Waals surface area contributed by atoms with Gasteiger partial charge in [0.25, 0.3) is 0 Å². The number of hydrogen-bond acceptors (Lipinski definition) is 6. The SMILES string of the molecule is CC(C)C(NC(=O)C(CCC(N)=O)NC(=O)C(Cc1c[nH]c2ccccc12)NC(=O)C(N)Cc1ccccc1)C(=O)O. The largest absolute Gasteiger partial charge is 0.480 e. The Labute approximate surface area is 243 Å². The fourth-order valence-electron chi connectivity index (χ4n) is 4.56. The summed E-state index contributed by atoms with van der Waals surface area (Å²) in [6, 6.07) is 12.0. The molecular formula is C30H38N6O6. The van der Waals surface area contributed by atoms with Crippen molar-refractivity contribution in [3.8, 4) is 0 Å². The zero-order valence-corrected chi connectivity index (χ0v) is 23.6. The lowest BCUT2D eigenvalue weighted by molar-refractivity contribution is -0.143. The second kappa shape index (κ2) is 14.8. The smallest absolute Gasteiger partial charge is 0.326 e. The maximum Gasteiger partial charge on any atom is 0.326 e. The molecule has 4 atom stereocenters. The Morgan fingerprint density at radius 3 is 2.10 bits per heavy atom. The van der Waals surface area contributed by atoms with Crippen molar-refractivity contribution in [1.29, 1.82) is 0 Å². The van der Waals surface area contributed by atoms with E-state index in [0.29, 0.717) is 0 Å². The average Bonchev–Trinajstić information content (AvgIpc) is 3.36. The molecule has 3 rings (SSSR count). The van der Waals surface area contributed by atoms with Crippen LogP contribution in [0.4, 0.5) is 0 Å². The zero-order chi connectivity index (χ0) is 30.8. The number of para-hydroxylation sites is 1. The van der Waals surface area contributed by atoms with Gasteiger partial charge in [0, 0.05) is 29.9 Å². The molecule has 0 aliphatic carbocycles. The van der Waals surface area contributed by atoms with E-state index < -0.39 is 59.7 Å². The van der Waals surface area contributed by atoms with Gasteiger partial charge in [-0.15, -0.1) is 0 Å². The first-order valence-electron chi connectivity index (χ1n) is 13.7. The van der Waals surface area contributed by atoms with E-state index in [1.54, 1.807) is 20.0 Å². The van der Waals surface area contributed by atoms with Gasteiger partial charge < -0.3 is 37.5 Å². The van der Waals surface area contributed by atoms with Gasteiger partial charge in [-0.3, -0.25) is 19.2 Å². The molecule has 0 fully saturated rings. The molecule has 12 nitrogen and oxygen atoms in total. The van der Waals surface area contributed by atoms with Crippen molar-refractivity contribution >= 4 is 40.5 Å². The van der Waals surface area contributed by atoms with Crippen molar-refractivity contribution in [2.45, 2.75) is 63.7 Å². The van der Waals surface area contributed by atoms with Crippen LogP contribution >= 0.6 is 0 Å². The number of primary amides is 1. The second-order valence-corrected chi connectivity index (χ2v) is 10.6. The van der Waals surface area contributed by atoms with E-state index in [2.05, 4.69) is 20.9 Å². The number of H-pyrrole nitrogens is 1. The summed E-state index contributed by atoms with van der Waals surface area (Å²) in [4.78, 5) is 66.2. The van der Waals surface area contributed by atoms with E-state index in [9.17, 15) is 29.1 Å². The number of carbonyl (C=O) groups is 5. The quantitative estimate of drug-likeness (QED) is 0.137. The number of fused-ring (bicyclic) bond motifs is 1. The van der Waals surface area contributed by atoms with E-state index in [1.807, 2.05) is 54.6 Å². The molecule has 0 spiro atoms. The monoisotopic (exact) mass is 578 g/mol. The molecule has 0 bridgehead atoms. The predicted octanol–water partition coefficient (Wildman–Crippen LogP) is 0.741. The minimum absolute atomic E-state index is 0.0630. The lowest BCUT2D eigenvalue weighted by Gasteiger charge is -2.26. The van der Waals surface area contributed by atoms with Crippen molar-refractivity contribution in [3.63, 3.8) is 0 Å². The van der Waals surface area contributed by atoms with Crippen molar-refractivity contribution in [3.05, 3.63) is 71.9 Å². The Balaban J connectivity index is 1.85. The number of aromatic nitrogens is 1. The van der Waals surface area contributed by atoms with Crippen molar-refractivity contribution in [2.75, 3.05) is 0 Å². The van der Waals surface area contributed by atoms with Crippen molar-refractivity contribution in [2.24, 2.45) is 17.4 Å². The highest BCUT2D eigenvalue weighted by atomic mass is 16.4. The van der Waals surface area contributed by atoms with Gasteiger partial charge in [-0.2, -0.15) is 0 Å². The number of nitrogens with one attached hydrogen (secondary N) is 4. The molecule has 0 aliphatic heterocycles. The first-order valence-corrected chi connectivity index (χ1v) is 13.7. The maximum absolute atomic E-state index is 13.6. The third-order valence-corrected chi connectivity index (χ3v) is 6.91. The predicted molar refractivity (Wildman–Crippen MR) is 157 cm³/mol. The van der Waals surface area contributed by atoms with E-state index in [0.717, 1.165) is 22.0 Å². The minimum atomic E-state index is -1.29. The standard InChI is InChI=1S/C30H38N6O6/c1-17(2)26(30(41)42)36-28(39)23(12-13-25(32)37)34-29(40)24(15-19-16-33-22-11-7-6-10-20(19)22)35-27(38)21(31)14-18-8-4-3-5-9-18/h3-11,16-17,21,23-24,26,33H,12-15,31H2,1-2H3,(H2,32,37)(H,34,40)(H,35,38)(H,36,39)(H,41,42). The van der Waals surface area contributed by atoms with Crippen LogP contribution < -0.4 is 27.4 Å². The molecule has 4 amide bonds. The summed E-state index contributed by atoms with van der Waals surface area (Å²) in [6.07, 6.45) is 1.63. The fourth-order valence-corrected chi connectivity index (χ4v) is 4.56. The number of carbonyl (C=O) groups excluding carboxylic acids is 4. The fraction of sp³-hybridized carbons (Fsp3) is 0.367. The Hall–Kier alpha value is -4.71. The van der Waals surface area contributed by atoms with Gasteiger partial charge in [0.2, 0.25) is 23.6 Å². The molecule has 0 aliphatic rings. The lowest BCUT2D eigenvalue weighted by Crippen LogP contribution is -2.58. The summed E-state index contributed by atoms with van der Waals surface area (Å²) < 4.78 is 0. The summed E-state index contributed by atoms with van der Waals surface area (Å²) in [5.41, 5.74) is 13.9. The first-order chi connectivity index (χ1) is 20.0. The molecule has 3 aromatic rings. The third-order valence-electron chi connectivity index (χ3n) is 6.91. The lowest BCUT2D eigenvalue weighted by atomic mass is 10.0. The van der Waals surface area contributed by atoms with Gasteiger partial charge in [0.1, 0.15) is 18.1 Å². The van der Waals surface area contributed by atoms with Gasteiger partial charge in [-0.05, 0) is 36.0 Å². The molecule has 0 saturated carbocycles. The average molecular weight is 579 g/mol. The number of carboxylic acid groups (broad SMARTS) is 1. The Kier molecular flexibility index (Phi) is 11.2. The number of amides is 4. The molecule has 0 saturated heterocycles. The summed E-state index contributed by atoms with van der Waals surface area (Å²) in [6.45, 7) is 3.25. The Bertz CT molecular complexity index is 1410. The molecule has 224 valence electrons. The summed E-state index contributed by atoms with van der Waals surface area (Å²) in [7, 11) is 0. The van der Waals surface area contributed by atoms with Gasteiger partial charge in [-0.1, -0.05) is 62.4 Å². The number of nitrogens with two attached hydrogens (primary N) is 2. The highest BCUT2D eigenvalue weighted by Crippen LogP contribution is 2.19. The second-order valence-electron chi connectivity index (χ2n) is 10.6. The number of benzene rings is 2. The molecule has 2 aromatic carbocycles. The molecular weight excluding hydrogens is 540 g/mol. The van der Waals surface area contributed by atoms with Crippen LogP contribution in [0.15, 0.2) is 60.8 Å². The van der Waals surface area contributed by atoms with E-state index in [4.69, 9.17) is 11.5 Å². The molecule has 9 N–H and O–H groups in total. The molecule has 42 heavy (non-hydrogen) atoms. The van der Waals surface area contributed by atoms with Crippen LogP contribution in [0, 0.1) is 5.92 Å². The third kappa shape index (κ3) is 8.90. The van der Waals surface area contributed by atoms with Gasteiger partial charge in [0.15, 0.2) is 0 Å². The summed E-state index contributed by atoms with van der Waals surface area (Å²) >= 11 is 0. The Morgan fingerprint density at radius 1 is 0.833 bits per heavy atom. The van der Waals surface area contributed by atoms with E-state index in [-0.39, 0.29) is 25.7 Å². The van der Waals surface area contributed by atoms with Gasteiger partial charge in [-0.25, -0.2) is 4.79 Å². The topological polar surface area (TPSA) is 209 Å². The summed E-state index contributed by atoms with van der Waals surface area (Å²) in [5, 5.41) is 18.1. The van der Waals surface area contributed by atoms with Crippen LogP contribution in [0.3, 0.4) is 0 Å². The van der Waals surface area contributed by atoms with Crippen LogP contribution in [0.25, 0.3) is 10.9 Å². The van der Waals surface area contributed by atoms with E-state index in [1.165, 1.54) is 0 Å². The number of rotatable bonds is 15. The van der Waals surface area contributed by atoms with Gasteiger partial charge in [0.05, 0.1) is 6.04 Å². The first kappa shape index (κ1) is 31.8. The molecule has 1 aromatic heterocycles. The number of hydrogen-bond donors (Lipinski definition) is 7. The Morgan fingerprint density at radius 2 is 1.45 bits per heavy atom. The molecule has 4 unspecified atom stereocenters. The van der Waals surface area contributed by atoms with Crippen molar-refractivity contribution < 1.29 is 29.1 Å².